The number of carboxylic acid groups (broad SMARTS) is 1. The SMILES string of the molecule is CC(=O)N[C@@H](CSC(=S)NCCCC[S@](C)=O)C(=O)O. The summed E-state index contributed by atoms with van der Waals surface area (Å²) in [5, 5.41) is 14.2. The van der Waals surface area contributed by atoms with Gasteiger partial charge in [-0.25, -0.2) is 4.79 Å². The van der Waals surface area contributed by atoms with Crippen LogP contribution in [0, 0.1) is 0 Å². The normalized spacial score (nSPS) is 13.3. The molecule has 0 aromatic rings. The number of unbranched alkanes of at least 4 members (excludes halogenated alkanes) is 1. The third kappa shape index (κ3) is 11.2. The fourth-order valence-corrected chi connectivity index (χ4v) is 2.92. The van der Waals surface area contributed by atoms with Crippen LogP contribution in [-0.4, -0.2) is 55.9 Å². The van der Waals surface area contributed by atoms with Gasteiger partial charge in [-0.05, 0) is 12.8 Å². The Morgan fingerprint density at radius 3 is 2.55 bits per heavy atom. The van der Waals surface area contributed by atoms with Crippen LogP contribution in [0.5, 0.6) is 0 Å². The van der Waals surface area contributed by atoms with Gasteiger partial charge in [-0.15, -0.1) is 0 Å². The van der Waals surface area contributed by atoms with Crippen LogP contribution in [0.15, 0.2) is 0 Å². The summed E-state index contributed by atoms with van der Waals surface area (Å²) in [5.41, 5.74) is 0. The topological polar surface area (TPSA) is 95.5 Å². The van der Waals surface area contributed by atoms with E-state index in [-0.39, 0.29) is 11.7 Å². The second-order valence-corrected chi connectivity index (χ2v) is 7.35. The number of carboxylic acids is 1. The van der Waals surface area contributed by atoms with Gasteiger partial charge in [0.05, 0.1) is 0 Å². The zero-order valence-corrected chi connectivity index (χ0v) is 14.0. The quantitative estimate of drug-likeness (QED) is 0.411. The average Bonchev–Trinajstić information content (AvgIpc) is 2.32. The van der Waals surface area contributed by atoms with E-state index in [0.29, 0.717) is 16.6 Å². The number of hydrogen-bond donors (Lipinski definition) is 3. The highest BCUT2D eigenvalue weighted by Gasteiger charge is 2.18. The maximum atomic E-state index is 10.9. The largest absolute Gasteiger partial charge is 0.480 e. The summed E-state index contributed by atoms with van der Waals surface area (Å²) in [6, 6.07) is -0.945. The number of nitrogens with one attached hydrogen (secondary N) is 2. The maximum absolute atomic E-state index is 10.9. The molecule has 2 atom stereocenters. The van der Waals surface area contributed by atoms with Crippen molar-refractivity contribution in [1.82, 2.24) is 10.6 Å². The summed E-state index contributed by atoms with van der Waals surface area (Å²) >= 11 is 6.24. The number of carbonyl (C=O) groups is 2. The molecule has 0 aliphatic heterocycles. The molecule has 3 N–H and O–H groups in total. The smallest absolute Gasteiger partial charge is 0.327 e. The summed E-state index contributed by atoms with van der Waals surface area (Å²) in [5.74, 6) is -0.615. The summed E-state index contributed by atoms with van der Waals surface area (Å²) in [4.78, 5) is 21.7. The van der Waals surface area contributed by atoms with Crippen molar-refractivity contribution in [2.24, 2.45) is 0 Å². The fraction of sp³-hybridized carbons (Fsp3) is 0.727. The Labute approximate surface area is 130 Å². The first-order valence-electron chi connectivity index (χ1n) is 6.03. The van der Waals surface area contributed by atoms with Crippen molar-refractivity contribution in [1.29, 1.82) is 0 Å². The van der Waals surface area contributed by atoms with E-state index in [9.17, 15) is 13.8 Å². The van der Waals surface area contributed by atoms with Crippen LogP contribution in [-0.2, 0) is 20.4 Å². The minimum Gasteiger partial charge on any atom is -0.480 e. The van der Waals surface area contributed by atoms with Crippen LogP contribution in [0.1, 0.15) is 19.8 Å². The van der Waals surface area contributed by atoms with Gasteiger partial charge in [0.15, 0.2) is 0 Å². The molecule has 0 spiro atoms. The predicted molar refractivity (Wildman–Crippen MR) is 86.5 cm³/mol. The molecule has 0 saturated carbocycles. The lowest BCUT2D eigenvalue weighted by atomic mass is 10.3. The number of rotatable bonds is 9. The van der Waals surface area contributed by atoms with Crippen LogP contribution in [0.3, 0.4) is 0 Å². The number of thiocarbonyl (C=S) groups is 1. The predicted octanol–water partition coefficient (Wildman–Crippen LogP) is 0.342. The molecule has 0 saturated heterocycles. The highest BCUT2D eigenvalue weighted by atomic mass is 32.2. The molecule has 1 amide bonds. The maximum Gasteiger partial charge on any atom is 0.327 e. The highest BCUT2D eigenvalue weighted by molar-refractivity contribution is 8.23. The molecule has 0 aliphatic carbocycles. The average molecular weight is 340 g/mol. The van der Waals surface area contributed by atoms with Crippen LogP contribution in [0.25, 0.3) is 0 Å². The van der Waals surface area contributed by atoms with Gasteiger partial charge in [-0.2, -0.15) is 0 Å². The Hall–Kier alpha value is -0.670. The first-order chi connectivity index (χ1) is 9.32. The summed E-state index contributed by atoms with van der Waals surface area (Å²) in [7, 11) is -0.772. The van der Waals surface area contributed by atoms with Crippen molar-refractivity contribution in [3.05, 3.63) is 0 Å². The molecular weight excluding hydrogens is 320 g/mol. The van der Waals surface area contributed by atoms with Crippen LogP contribution < -0.4 is 10.6 Å². The third-order valence-electron chi connectivity index (χ3n) is 2.18. The lowest BCUT2D eigenvalue weighted by Gasteiger charge is -2.13. The molecule has 20 heavy (non-hydrogen) atoms. The summed E-state index contributed by atoms with van der Waals surface area (Å²) < 4.78 is 11.3. The Bertz CT molecular complexity index is 377. The molecule has 116 valence electrons. The summed E-state index contributed by atoms with van der Waals surface area (Å²) in [6.45, 7) is 1.94. The van der Waals surface area contributed by atoms with Gasteiger partial charge in [-0.1, -0.05) is 24.0 Å². The van der Waals surface area contributed by atoms with Gasteiger partial charge >= 0.3 is 5.97 Å². The van der Waals surface area contributed by atoms with E-state index in [4.69, 9.17) is 17.3 Å². The molecule has 0 radical (unpaired) electrons. The Kier molecular flexibility index (Phi) is 10.7. The van der Waals surface area contributed by atoms with Crippen LogP contribution in [0.2, 0.25) is 0 Å². The molecule has 0 fully saturated rings. The van der Waals surface area contributed by atoms with Crippen molar-refractivity contribution in [3.63, 3.8) is 0 Å². The second kappa shape index (κ2) is 11.0. The van der Waals surface area contributed by atoms with Crippen molar-refractivity contribution >= 4 is 51.0 Å². The van der Waals surface area contributed by atoms with E-state index in [2.05, 4.69) is 10.6 Å². The monoisotopic (exact) mass is 340 g/mol. The van der Waals surface area contributed by atoms with Crippen molar-refractivity contribution < 1.29 is 18.9 Å². The molecule has 0 aromatic heterocycles. The lowest BCUT2D eigenvalue weighted by molar-refractivity contribution is -0.140. The van der Waals surface area contributed by atoms with Crippen molar-refractivity contribution in [2.75, 3.05) is 24.3 Å². The van der Waals surface area contributed by atoms with Gasteiger partial charge < -0.3 is 15.7 Å². The molecule has 0 heterocycles. The van der Waals surface area contributed by atoms with E-state index < -0.39 is 22.8 Å². The number of amides is 1. The molecular formula is C11H20N2O4S3. The minimum atomic E-state index is -1.08. The number of aliphatic carboxylic acids is 1. The standard InChI is InChI=1S/C11H20N2O4S3/c1-8(14)13-9(10(15)16)7-19-11(18)12-5-3-4-6-20(2)17/h9H,3-7H2,1-2H3,(H,12,18)(H,13,14)(H,15,16)/t9-,20-/m0/s1. The number of carbonyl (C=O) groups excluding carboxylic acids is 1. The third-order valence-corrected chi connectivity index (χ3v) is 4.45. The van der Waals surface area contributed by atoms with Gasteiger partial charge in [0.2, 0.25) is 5.91 Å². The molecule has 0 bridgehead atoms. The molecule has 0 aliphatic rings. The first-order valence-corrected chi connectivity index (χ1v) is 9.15. The molecule has 0 aromatic carbocycles. The summed E-state index contributed by atoms with van der Waals surface area (Å²) in [6.07, 6.45) is 3.38. The molecule has 9 heteroatoms. The Morgan fingerprint density at radius 2 is 2.05 bits per heavy atom. The lowest BCUT2D eigenvalue weighted by Crippen LogP contribution is -2.42. The van der Waals surface area contributed by atoms with Crippen LogP contribution >= 0.6 is 24.0 Å². The zero-order chi connectivity index (χ0) is 15.5. The number of thioether (sulfide) groups is 1. The molecule has 0 rings (SSSR count). The van der Waals surface area contributed by atoms with Crippen molar-refractivity contribution in [2.45, 2.75) is 25.8 Å². The van der Waals surface area contributed by atoms with E-state index in [1.165, 1.54) is 18.7 Å². The van der Waals surface area contributed by atoms with Crippen molar-refractivity contribution in [3.8, 4) is 0 Å². The van der Waals surface area contributed by atoms with E-state index in [0.717, 1.165) is 12.8 Å². The Balaban J connectivity index is 3.82. The van der Waals surface area contributed by atoms with E-state index in [1.807, 2.05) is 0 Å². The van der Waals surface area contributed by atoms with E-state index >= 15 is 0 Å². The highest BCUT2D eigenvalue weighted by Crippen LogP contribution is 2.05. The zero-order valence-electron chi connectivity index (χ0n) is 11.5. The molecule has 6 nitrogen and oxygen atoms in total. The second-order valence-electron chi connectivity index (χ2n) is 4.10. The van der Waals surface area contributed by atoms with Gasteiger partial charge in [-0.3, -0.25) is 9.00 Å². The van der Waals surface area contributed by atoms with Gasteiger partial charge in [0.25, 0.3) is 0 Å². The minimum absolute atomic E-state index is 0.180. The fourth-order valence-electron chi connectivity index (χ4n) is 1.25. The number of hydrogen-bond acceptors (Lipinski definition) is 5. The van der Waals surface area contributed by atoms with E-state index in [1.54, 1.807) is 6.26 Å². The Morgan fingerprint density at radius 1 is 1.40 bits per heavy atom. The molecule has 0 unspecified atom stereocenters. The van der Waals surface area contributed by atoms with Crippen LogP contribution in [0.4, 0.5) is 0 Å². The van der Waals surface area contributed by atoms with Gasteiger partial charge in [0, 0.05) is 42.0 Å². The first kappa shape index (κ1) is 19.3. The van der Waals surface area contributed by atoms with Gasteiger partial charge in [0.1, 0.15) is 10.4 Å².